The third-order valence-electron chi connectivity index (χ3n) is 6.16. The highest BCUT2D eigenvalue weighted by molar-refractivity contribution is 7.93. The minimum Gasteiger partial charge on any atom is -0.494 e. The molecule has 2 atom stereocenters. The summed E-state index contributed by atoms with van der Waals surface area (Å²) in [5, 5.41) is 17.1. The summed E-state index contributed by atoms with van der Waals surface area (Å²) in [6, 6.07) is 6.85. The maximum Gasteiger partial charge on any atom is 0.243 e. The number of nitrogens with zero attached hydrogens (tertiary/aromatic N) is 6. The molecule has 0 saturated heterocycles. The second-order valence-corrected chi connectivity index (χ2v) is 10.7. The molecule has 4 rings (SSSR count). The zero-order valence-electron chi connectivity index (χ0n) is 21.7. The third kappa shape index (κ3) is 5.29. The topological polar surface area (TPSA) is 154 Å². The zero-order valence-corrected chi connectivity index (χ0v) is 22.5. The van der Waals surface area contributed by atoms with Gasteiger partial charge in [-0.2, -0.15) is 0 Å². The van der Waals surface area contributed by atoms with E-state index < -0.39 is 21.2 Å². The van der Waals surface area contributed by atoms with Crippen LogP contribution in [0.4, 0.5) is 5.95 Å². The molecule has 0 fully saturated rings. The molecule has 0 aliphatic heterocycles. The van der Waals surface area contributed by atoms with E-state index in [1.54, 1.807) is 56.7 Å². The Bertz CT molecular complexity index is 1500. The minimum atomic E-state index is -4.01. The van der Waals surface area contributed by atoms with Crippen LogP contribution in [0.5, 0.6) is 11.5 Å². The minimum absolute atomic E-state index is 0.0823. The number of hydrogen-bond acceptors (Lipinski definition) is 10. The van der Waals surface area contributed by atoms with Gasteiger partial charge in [0.25, 0.3) is 0 Å². The largest absolute Gasteiger partial charge is 0.494 e. The molecule has 3 heterocycles. The molecule has 12 nitrogen and oxygen atoms in total. The lowest BCUT2D eigenvalue weighted by molar-refractivity contribution is 0.281. The van der Waals surface area contributed by atoms with Gasteiger partial charge in [0.2, 0.25) is 16.0 Å². The van der Waals surface area contributed by atoms with Crippen molar-refractivity contribution in [1.82, 2.24) is 29.7 Å². The van der Waals surface area contributed by atoms with Gasteiger partial charge >= 0.3 is 0 Å². The van der Waals surface area contributed by atoms with E-state index >= 15 is 0 Å². The van der Waals surface area contributed by atoms with Gasteiger partial charge in [-0.1, -0.05) is 13.0 Å². The molecule has 0 aliphatic rings. The Hall–Kier alpha value is -4.10. The Morgan fingerprint density at radius 1 is 1.03 bits per heavy atom. The summed E-state index contributed by atoms with van der Waals surface area (Å²) in [7, 11) is -1.03. The quantitative estimate of drug-likeness (QED) is 0.307. The molecular formula is C25H29N7O5S. The highest BCUT2D eigenvalue weighted by atomic mass is 32.2. The van der Waals surface area contributed by atoms with Gasteiger partial charge in [-0.15, -0.1) is 10.2 Å². The number of ether oxygens (including phenoxy) is 2. The summed E-state index contributed by atoms with van der Waals surface area (Å²) in [6.45, 7) is 4.96. The number of rotatable bonds is 10. The molecule has 38 heavy (non-hydrogen) atoms. The van der Waals surface area contributed by atoms with E-state index in [1.807, 2.05) is 6.92 Å². The van der Waals surface area contributed by atoms with E-state index in [9.17, 15) is 13.5 Å². The number of aliphatic hydroxyl groups excluding tert-OH is 1. The molecule has 2 N–H and O–H groups in total. The Balaban J connectivity index is 1.84. The number of para-hydroxylation sites is 1. The molecule has 0 amide bonds. The third-order valence-corrected chi connectivity index (χ3v) is 8.01. The van der Waals surface area contributed by atoms with Crippen molar-refractivity contribution in [1.29, 1.82) is 0 Å². The Labute approximate surface area is 220 Å². The molecule has 0 aliphatic carbocycles. The van der Waals surface area contributed by atoms with Crippen molar-refractivity contribution in [3.8, 4) is 28.6 Å². The molecular weight excluding hydrogens is 510 g/mol. The zero-order chi connectivity index (χ0) is 27.4. The number of nitrogens with one attached hydrogen (secondary N) is 1. The van der Waals surface area contributed by atoms with Crippen molar-refractivity contribution in [2.75, 3.05) is 18.9 Å². The van der Waals surface area contributed by atoms with Gasteiger partial charge in [-0.05, 0) is 43.2 Å². The first kappa shape index (κ1) is 26.9. The molecule has 0 saturated carbocycles. The Kier molecular flexibility index (Phi) is 7.88. The fraction of sp³-hybridized carbons (Fsp3) is 0.320. The number of pyridine rings is 1. The average Bonchev–Trinajstić information content (AvgIpc) is 3.34. The summed E-state index contributed by atoms with van der Waals surface area (Å²) in [5.74, 6) is 0.860. The van der Waals surface area contributed by atoms with Crippen LogP contribution in [0.15, 0.2) is 49.1 Å². The molecule has 0 unspecified atom stereocenters. The second-order valence-electron chi connectivity index (χ2n) is 8.69. The Morgan fingerprint density at radius 3 is 2.29 bits per heavy atom. The van der Waals surface area contributed by atoms with Crippen LogP contribution >= 0.6 is 0 Å². The molecule has 0 radical (unpaired) electrons. The van der Waals surface area contributed by atoms with Crippen LogP contribution in [0.3, 0.4) is 0 Å². The van der Waals surface area contributed by atoms with E-state index in [4.69, 9.17) is 9.47 Å². The Morgan fingerprint density at radius 2 is 1.68 bits per heavy atom. The number of anilines is 1. The van der Waals surface area contributed by atoms with E-state index in [-0.39, 0.29) is 18.4 Å². The van der Waals surface area contributed by atoms with E-state index in [1.165, 1.54) is 25.0 Å². The van der Waals surface area contributed by atoms with Gasteiger partial charge in [0.1, 0.15) is 23.0 Å². The maximum absolute atomic E-state index is 13.6. The lowest BCUT2D eigenvalue weighted by atomic mass is 10.1. The number of aryl methyl sites for hydroxylation is 1. The molecule has 3 aromatic heterocycles. The van der Waals surface area contributed by atoms with E-state index in [2.05, 4.69) is 29.9 Å². The van der Waals surface area contributed by atoms with Crippen molar-refractivity contribution in [3.63, 3.8) is 0 Å². The molecule has 200 valence electrons. The lowest BCUT2D eigenvalue weighted by Gasteiger charge is -2.21. The van der Waals surface area contributed by atoms with Gasteiger partial charge in [0.05, 0.1) is 26.1 Å². The van der Waals surface area contributed by atoms with Crippen LogP contribution in [-0.2, 0) is 16.6 Å². The van der Waals surface area contributed by atoms with Crippen LogP contribution in [0.1, 0.15) is 36.7 Å². The molecule has 4 aromatic rings. The highest BCUT2D eigenvalue weighted by Crippen LogP contribution is 2.38. The smallest absolute Gasteiger partial charge is 0.243 e. The van der Waals surface area contributed by atoms with Gasteiger partial charge < -0.3 is 14.6 Å². The number of hydrogen-bond donors (Lipinski definition) is 2. The first-order valence-electron chi connectivity index (χ1n) is 11.7. The van der Waals surface area contributed by atoms with Gasteiger partial charge in [-0.3, -0.25) is 14.3 Å². The molecule has 13 heteroatoms. The van der Waals surface area contributed by atoms with Gasteiger partial charge in [0, 0.05) is 36.3 Å². The molecule has 1 aromatic carbocycles. The summed E-state index contributed by atoms with van der Waals surface area (Å²) in [6.07, 6.45) is 6.36. The summed E-state index contributed by atoms with van der Waals surface area (Å²) < 4.78 is 42.4. The van der Waals surface area contributed by atoms with Crippen molar-refractivity contribution in [2.45, 2.75) is 38.5 Å². The predicted octanol–water partition coefficient (Wildman–Crippen LogP) is 2.87. The van der Waals surface area contributed by atoms with Gasteiger partial charge in [0.15, 0.2) is 5.82 Å². The first-order chi connectivity index (χ1) is 18.2. The van der Waals surface area contributed by atoms with Crippen LogP contribution in [0.25, 0.3) is 17.1 Å². The van der Waals surface area contributed by atoms with Crippen molar-refractivity contribution in [2.24, 2.45) is 0 Å². The standard InChI is InChI=1S/C25H29N7O5S/c1-15-10-27-23(28-11-15)16(2)17(3)38(34,35)31-25-30-29-24(19-9-18(14-33)12-26-13-19)32(25)22-20(36-4)7-6-8-21(22)37-5/h6-13,16-17,33H,14H2,1-5H3,(H,30,31)/t16-,17-/m0/s1. The normalized spacial score (nSPS) is 13.1. The fourth-order valence-electron chi connectivity index (χ4n) is 3.83. The summed E-state index contributed by atoms with van der Waals surface area (Å²) in [4.78, 5) is 12.8. The summed E-state index contributed by atoms with van der Waals surface area (Å²) >= 11 is 0. The number of benzene rings is 1. The monoisotopic (exact) mass is 539 g/mol. The first-order valence-corrected chi connectivity index (χ1v) is 13.3. The highest BCUT2D eigenvalue weighted by Gasteiger charge is 2.32. The van der Waals surface area contributed by atoms with Crippen LogP contribution in [0.2, 0.25) is 0 Å². The van der Waals surface area contributed by atoms with Crippen LogP contribution < -0.4 is 14.2 Å². The number of methoxy groups -OCH3 is 2. The average molecular weight is 540 g/mol. The second kappa shape index (κ2) is 11.1. The number of aliphatic hydroxyl groups is 1. The van der Waals surface area contributed by atoms with Crippen LogP contribution in [-0.4, -0.2) is 62.7 Å². The van der Waals surface area contributed by atoms with Gasteiger partial charge in [-0.25, -0.2) is 18.4 Å². The maximum atomic E-state index is 13.6. The van der Waals surface area contributed by atoms with Crippen molar-refractivity contribution >= 4 is 16.0 Å². The molecule has 0 bridgehead atoms. The predicted molar refractivity (Wildman–Crippen MR) is 141 cm³/mol. The van der Waals surface area contributed by atoms with Crippen molar-refractivity contribution < 1.29 is 23.0 Å². The SMILES string of the molecule is COc1cccc(OC)c1-n1c(NS(=O)(=O)[C@@H](C)[C@H](C)c2ncc(C)cn2)nnc1-c1cncc(CO)c1. The number of sulfonamides is 1. The summed E-state index contributed by atoms with van der Waals surface area (Å²) in [5.41, 5.74) is 2.30. The van der Waals surface area contributed by atoms with Crippen molar-refractivity contribution in [3.05, 3.63) is 66.0 Å². The fourth-order valence-corrected chi connectivity index (χ4v) is 5.07. The van der Waals surface area contributed by atoms with E-state index in [0.717, 1.165) is 5.56 Å². The van der Waals surface area contributed by atoms with Crippen LogP contribution in [0, 0.1) is 6.92 Å². The van der Waals surface area contributed by atoms with E-state index in [0.29, 0.717) is 34.1 Å². The lowest BCUT2D eigenvalue weighted by Crippen LogP contribution is -2.31. The number of aromatic nitrogens is 6. The molecule has 0 spiro atoms.